The van der Waals surface area contributed by atoms with Gasteiger partial charge in [-0.2, -0.15) is 0 Å². The number of aromatic amines is 1. The Hall–Kier alpha value is -2.55. The molecule has 0 saturated heterocycles. The van der Waals surface area contributed by atoms with Gasteiger partial charge in [-0.15, -0.1) is 0 Å². The van der Waals surface area contributed by atoms with Gasteiger partial charge in [0.05, 0.1) is 23.8 Å². The first kappa shape index (κ1) is 17.8. The molecule has 0 unspecified atom stereocenters. The number of nitrogens with one attached hydrogen (secondary N) is 2. The van der Waals surface area contributed by atoms with Gasteiger partial charge in [-0.1, -0.05) is 0 Å². The highest BCUT2D eigenvalue weighted by molar-refractivity contribution is 7.92. The molecule has 1 aromatic carbocycles. The minimum absolute atomic E-state index is 0.00290. The van der Waals surface area contributed by atoms with Gasteiger partial charge in [0.1, 0.15) is 11.6 Å². The molecule has 0 aliphatic rings. The maximum Gasteiger partial charge on any atom is 0.374 e. The topological polar surface area (TPSA) is 110 Å². The number of benzene rings is 1. The van der Waals surface area contributed by atoms with Gasteiger partial charge in [0, 0.05) is 0 Å². The van der Waals surface area contributed by atoms with Gasteiger partial charge in [0.15, 0.2) is 0 Å². The minimum Gasteiger partial charge on any atom is -0.491 e. The van der Waals surface area contributed by atoms with E-state index in [1.807, 2.05) is 13.8 Å². The number of anilines is 1. The fourth-order valence-corrected chi connectivity index (χ4v) is 2.85. The Bertz CT molecular complexity index is 797. The number of hydrogen-bond acceptors (Lipinski definition) is 6. The molecule has 8 nitrogen and oxygen atoms in total. The van der Waals surface area contributed by atoms with Crippen LogP contribution in [0.1, 0.15) is 31.4 Å². The maximum atomic E-state index is 12.3. The SMILES string of the molecule is CCOC(=O)c1ncc(NS(=O)(=O)c2ccc(OC(C)C)cc2)[nH]1. The van der Waals surface area contributed by atoms with E-state index in [2.05, 4.69) is 14.7 Å². The number of nitrogens with zero attached hydrogens (tertiary/aromatic N) is 1. The average Bonchev–Trinajstić information content (AvgIpc) is 2.95. The Morgan fingerprint density at radius 1 is 1.29 bits per heavy atom. The minimum atomic E-state index is -3.81. The predicted octanol–water partition coefficient (Wildman–Crippen LogP) is 2.17. The van der Waals surface area contributed by atoms with Crippen LogP contribution in [0.15, 0.2) is 35.4 Å². The summed E-state index contributed by atoms with van der Waals surface area (Å²) in [5.74, 6) is -0.0796. The van der Waals surface area contributed by atoms with Crippen LogP contribution in [0.3, 0.4) is 0 Å². The summed E-state index contributed by atoms with van der Waals surface area (Å²) < 4.78 is 37.2. The predicted molar refractivity (Wildman–Crippen MR) is 87.6 cm³/mol. The lowest BCUT2D eigenvalue weighted by molar-refractivity contribution is 0.0513. The second-order valence-corrected chi connectivity index (χ2v) is 6.79. The van der Waals surface area contributed by atoms with E-state index in [0.717, 1.165) is 0 Å². The normalized spacial score (nSPS) is 11.3. The lowest BCUT2D eigenvalue weighted by Crippen LogP contribution is -2.14. The van der Waals surface area contributed by atoms with Crippen LogP contribution in [0.5, 0.6) is 5.75 Å². The molecule has 0 saturated carbocycles. The molecule has 2 aromatic rings. The molecular weight excluding hydrogens is 334 g/mol. The molecule has 1 heterocycles. The molecule has 0 bridgehead atoms. The van der Waals surface area contributed by atoms with E-state index in [1.54, 1.807) is 19.1 Å². The van der Waals surface area contributed by atoms with Crippen molar-refractivity contribution in [2.75, 3.05) is 11.3 Å². The Morgan fingerprint density at radius 3 is 2.54 bits per heavy atom. The molecule has 0 fully saturated rings. The highest BCUT2D eigenvalue weighted by Crippen LogP contribution is 2.19. The van der Waals surface area contributed by atoms with Crippen molar-refractivity contribution in [2.24, 2.45) is 0 Å². The molecule has 0 spiro atoms. The molecule has 2 N–H and O–H groups in total. The Kier molecular flexibility index (Phi) is 5.45. The third-order valence-electron chi connectivity index (χ3n) is 2.79. The quantitative estimate of drug-likeness (QED) is 0.738. The lowest BCUT2D eigenvalue weighted by atomic mass is 10.3. The Morgan fingerprint density at radius 2 is 1.96 bits per heavy atom. The van der Waals surface area contributed by atoms with Crippen LogP contribution in [0.4, 0.5) is 5.82 Å². The van der Waals surface area contributed by atoms with Crippen LogP contribution in [0.25, 0.3) is 0 Å². The summed E-state index contributed by atoms with van der Waals surface area (Å²) in [6.45, 7) is 5.62. The van der Waals surface area contributed by atoms with Crippen molar-refractivity contribution < 1.29 is 22.7 Å². The summed E-state index contributed by atoms with van der Waals surface area (Å²) in [5.41, 5.74) is 0. The molecular formula is C15H19N3O5S. The molecule has 2 rings (SSSR count). The number of aromatic nitrogens is 2. The fourth-order valence-electron chi connectivity index (χ4n) is 1.85. The van der Waals surface area contributed by atoms with E-state index < -0.39 is 16.0 Å². The average molecular weight is 353 g/mol. The molecule has 0 radical (unpaired) electrons. The summed E-state index contributed by atoms with van der Waals surface area (Å²) in [5, 5.41) is 0. The molecule has 0 aliphatic carbocycles. The van der Waals surface area contributed by atoms with Crippen molar-refractivity contribution in [2.45, 2.75) is 31.8 Å². The molecule has 130 valence electrons. The highest BCUT2D eigenvalue weighted by Gasteiger charge is 2.17. The number of carbonyl (C=O) groups is 1. The Labute approximate surface area is 140 Å². The summed E-state index contributed by atoms with van der Waals surface area (Å²) >= 11 is 0. The van der Waals surface area contributed by atoms with Gasteiger partial charge in [0.2, 0.25) is 5.82 Å². The van der Waals surface area contributed by atoms with Gasteiger partial charge in [-0.05, 0) is 45.0 Å². The number of H-pyrrole nitrogens is 1. The molecule has 24 heavy (non-hydrogen) atoms. The zero-order chi connectivity index (χ0) is 17.7. The van der Waals surface area contributed by atoms with E-state index in [0.29, 0.717) is 5.75 Å². The van der Waals surface area contributed by atoms with Gasteiger partial charge in [0.25, 0.3) is 10.0 Å². The van der Waals surface area contributed by atoms with Crippen LogP contribution in [0, 0.1) is 0 Å². The van der Waals surface area contributed by atoms with Gasteiger partial charge in [-0.25, -0.2) is 18.2 Å². The van der Waals surface area contributed by atoms with Crippen molar-refractivity contribution in [3.63, 3.8) is 0 Å². The molecule has 1 aromatic heterocycles. The smallest absolute Gasteiger partial charge is 0.374 e. The Balaban J connectivity index is 2.12. The first-order valence-electron chi connectivity index (χ1n) is 7.33. The number of esters is 1. The summed E-state index contributed by atoms with van der Waals surface area (Å²) in [6, 6.07) is 6.02. The van der Waals surface area contributed by atoms with Crippen molar-refractivity contribution in [3.8, 4) is 5.75 Å². The first-order valence-corrected chi connectivity index (χ1v) is 8.82. The standard InChI is InChI=1S/C15H19N3O5S/c1-4-22-15(19)14-16-9-13(17-14)18-24(20,21)12-7-5-11(6-8-12)23-10(2)3/h5-10,18H,4H2,1-3H3,(H,16,17). The largest absolute Gasteiger partial charge is 0.491 e. The van der Waals surface area contributed by atoms with Gasteiger partial charge < -0.3 is 14.5 Å². The highest BCUT2D eigenvalue weighted by atomic mass is 32.2. The third-order valence-corrected chi connectivity index (χ3v) is 4.18. The maximum absolute atomic E-state index is 12.3. The van der Waals surface area contributed by atoms with Crippen molar-refractivity contribution in [1.82, 2.24) is 9.97 Å². The number of rotatable bonds is 7. The number of carbonyl (C=O) groups excluding carboxylic acids is 1. The van der Waals surface area contributed by atoms with Crippen molar-refractivity contribution in [1.29, 1.82) is 0 Å². The number of imidazole rings is 1. The van der Waals surface area contributed by atoms with Crippen LogP contribution in [-0.4, -0.2) is 37.1 Å². The second kappa shape index (κ2) is 7.35. The second-order valence-electron chi connectivity index (χ2n) is 5.11. The first-order chi connectivity index (χ1) is 11.3. The van der Waals surface area contributed by atoms with E-state index in [4.69, 9.17) is 9.47 Å². The third kappa shape index (κ3) is 4.48. The van der Waals surface area contributed by atoms with Crippen LogP contribution in [-0.2, 0) is 14.8 Å². The molecule has 0 atom stereocenters. The van der Waals surface area contributed by atoms with Crippen molar-refractivity contribution >= 4 is 21.8 Å². The zero-order valence-corrected chi connectivity index (χ0v) is 14.4. The van der Waals surface area contributed by atoms with Crippen molar-refractivity contribution in [3.05, 3.63) is 36.3 Å². The van der Waals surface area contributed by atoms with Gasteiger partial charge >= 0.3 is 5.97 Å². The summed E-state index contributed by atoms with van der Waals surface area (Å²) in [7, 11) is -3.81. The number of ether oxygens (including phenoxy) is 2. The monoisotopic (exact) mass is 353 g/mol. The number of hydrogen-bond donors (Lipinski definition) is 2. The van der Waals surface area contributed by atoms with E-state index in [9.17, 15) is 13.2 Å². The zero-order valence-electron chi connectivity index (χ0n) is 13.6. The van der Waals surface area contributed by atoms with E-state index >= 15 is 0 Å². The fraction of sp³-hybridized carbons (Fsp3) is 0.333. The van der Waals surface area contributed by atoms with Crippen LogP contribution in [0.2, 0.25) is 0 Å². The van der Waals surface area contributed by atoms with E-state index in [-0.39, 0.29) is 29.2 Å². The molecule has 0 amide bonds. The molecule has 9 heteroatoms. The van der Waals surface area contributed by atoms with Crippen LogP contribution >= 0.6 is 0 Å². The number of sulfonamides is 1. The van der Waals surface area contributed by atoms with Gasteiger partial charge in [-0.3, -0.25) is 4.72 Å². The van der Waals surface area contributed by atoms with Crippen LogP contribution < -0.4 is 9.46 Å². The lowest BCUT2D eigenvalue weighted by Gasteiger charge is -2.10. The summed E-state index contributed by atoms with van der Waals surface area (Å²) in [6.07, 6.45) is 1.21. The molecule has 0 aliphatic heterocycles. The summed E-state index contributed by atoms with van der Waals surface area (Å²) in [4.78, 5) is 17.9. The van der Waals surface area contributed by atoms with E-state index in [1.165, 1.54) is 18.3 Å².